The van der Waals surface area contributed by atoms with Crippen molar-refractivity contribution in [2.75, 3.05) is 0 Å². The fraction of sp³-hybridized carbons (Fsp3) is 0.526. The summed E-state index contributed by atoms with van der Waals surface area (Å²) in [7, 11) is 0. The predicted octanol–water partition coefficient (Wildman–Crippen LogP) is 4.51. The van der Waals surface area contributed by atoms with Crippen LogP contribution in [0, 0.1) is 17.8 Å². The van der Waals surface area contributed by atoms with Crippen LogP contribution in [-0.4, -0.2) is 10.1 Å². The third-order valence-electron chi connectivity index (χ3n) is 5.14. The van der Waals surface area contributed by atoms with Gasteiger partial charge in [-0.2, -0.15) is 0 Å². The number of para-hydroxylation sites is 1. The Hall–Kier alpha value is -1.41. The maximum atomic E-state index is 11.5. The predicted molar refractivity (Wildman–Crippen MR) is 87.0 cm³/mol. The average molecular weight is 283 g/mol. The van der Waals surface area contributed by atoms with Crippen molar-refractivity contribution < 1.29 is 5.11 Å². The van der Waals surface area contributed by atoms with Crippen LogP contribution in [0.15, 0.2) is 36.5 Å². The van der Waals surface area contributed by atoms with Gasteiger partial charge in [0.15, 0.2) is 0 Å². The Morgan fingerprint density at radius 2 is 2.00 bits per heavy atom. The molecule has 0 saturated heterocycles. The molecule has 0 aliphatic heterocycles. The second kappa shape index (κ2) is 5.42. The number of aliphatic hydroxyl groups is 1. The topological polar surface area (TPSA) is 33.1 Å². The smallest absolute Gasteiger partial charge is 0.0944 e. The zero-order valence-electron chi connectivity index (χ0n) is 13.2. The van der Waals surface area contributed by atoms with Crippen LogP contribution in [0.3, 0.4) is 0 Å². The first-order chi connectivity index (χ1) is 10.0. The van der Waals surface area contributed by atoms with E-state index in [1.54, 1.807) is 0 Å². The van der Waals surface area contributed by atoms with Gasteiger partial charge in [0.2, 0.25) is 0 Å². The SMILES string of the molecule is CC1CCC(C(C)C)C(O)(c2cnc3ccccc3c2)C1. The van der Waals surface area contributed by atoms with Gasteiger partial charge in [-0.15, -0.1) is 0 Å². The Labute approximate surface area is 127 Å². The molecule has 3 atom stereocenters. The first kappa shape index (κ1) is 14.5. The highest BCUT2D eigenvalue weighted by Gasteiger charge is 2.44. The number of benzene rings is 1. The quantitative estimate of drug-likeness (QED) is 0.879. The number of aromatic nitrogens is 1. The molecule has 2 aromatic rings. The summed E-state index contributed by atoms with van der Waals surface area (Å²) in [5, 5.41) is 12.6. The van der Waals surface area contributed by atoms with Crippen LogP contribution < -0.4 is 0 Å². The lowest BCUT2D eigenvalue weighted by Crippen LogP contribution is -2.43. The van der Waals surface area contributed by atoms with Gasteiger partial charge in [0.1, 0.15) is 0 Å². The largest absolute Gasteiger partial charge is 0.385 e. The van der Waals surface area contributed by atoms with Crippen molar-refractivity contribution in [3.05, 3.63) is 42.1 Å². The maximum Gasteiger partial charge on any atom is 0.0944 e. The van der Waals surface area contributed by atoms with Crippen LogP contribution in [0.1, 0.15) is 45.6 Å². The minimum Gasteiger partial charge on any atom is -0.385 e. The van der Waals surface area contributed by atoms with E-state index in [0.29, 0.717) is 17.8 Å². The Balaban J connectivity index is 2.07. The van der Waals surface area contributed by atoms with Crippen molar-refractivity contribution >= 4 is 10.9 Å². The van der Waals surface area contributed by atoms with Crippen LogP contribution in [0.4, 0.5) is 0 Å². The summed E-state index contributed by atoms with van der Waals surface area (Å²) in [6.45, 7) is 6.69. The third-order valence-corrected chi connectivity index (χ3v) is 5.14. The van der Waals surface area contributed by atoms with E-state index >= 15 is 0 Å². The molecule has 0 amide bonds. The van der Waals surface area contributed by atoms with Gasteiger partial charge in [-0.3, -0.25) is 4.98 Å². The van der Waals surface area contributed by atoms with Crippen molar-refractivity contribution in [2.24, 2.45) is 17.8 Å². The van der Waals surface area contributed by atoms with E-state index in [9.17, 15) is 5.11 Å². The van der Waals surface area contributed by atoms with E-state index in [4.69, 9.17) is 0 Å². The number of nitrogens with zero attached hydrogens (tertiary/aromatic N) is 1. The van der Waals surface area contributed by atoms with E-state index in [0.717, 1.165) is 29.3 Å². The number of fused-ring (bicyclic) bond motifs is 1. The standard InChI is InChI=1S/C19H25NO/c1-13(2)17-9-8-14(3)11-19(17,21)16-10-15-6-4-5-7-18(15)20-12-16/h4-7,10,12-14,17,21H,8-9,11H2,1-3H3. The molecule has 3 unspecified atom stereocenters. The summed E-state index contributed by atoms with van der Waals surface area (Å²) in [5.74, 6) is 1.36. The van der Waals surface area contributed by atoms with Crippen LogP contribution in [0.25, 0.3) is 10.9 Å². The highest BCUT2D eigenvalue weighted by Crippen LogP contribution is 2.47. The van der Waals surface area contributed by atoms with Crippen LogP contribution in [0.5, 0.6) is 0 Å². The third kappa shape index (κ3) is 2.57. The Morgan fingerprint density at radius 1 is 1.24 bits per heavy atom. The number of hydrogen-bond acceptors (Lipinski definition) is 2. The molecule has 2 heteroatoms. The average Bonchev–Trinajstić information content (AvgIpc) is 2.46. The summed E-state index contributed by atoms with van der Waals surface area (Å²) in [6.07, 6.45) is 5.04. The van der Waals surface area contributed by atoms with E-state index in [-0.39, 0.29) is 0 Å². The lowest BCUT2D eigenvalue weighted by atomic mass is 9.64. The lowest BCUT2D eigenvalue weighted by Gasteiger charge is -2.45. The Morgan fingerprint density at radius 3 is 2.76 bits per heavy atom. The van der Waals surface area contributed by atoms with Gasteiger partial charge in [0.25, 0.3) is 0 Å². The van der Waals surface area contributed by atoms with Gasteiger partial charge in [-0.25, -0.2) is 0 Å². The van der Waals surface area contributed by atoms with Crippen molar-refractivity contribution in [1.82, 2.24) is 4.98 Å². The molecular formula is C19H25NO. The van der Waals surface area contributed by atoms with E-state index in [1.807, 2.05) is 24.4 Å². The fourth-order valence-corrected chi connectivity index (χ4v) is 4.01. The van der Waals surface area contributed by atoms with Gasteiger partial charge >= 0.3 is 0 Å². The highest BCUT2D eigenvalue weighted by atomic mass is 16.3. The van der Waals surface area contributed by atoms with Crippen LogP contribution >= 0.6 is 0 Å². The molecule has 1 aliphatic carbocycles. The minimum atomic E-state index is -0.733. The lowest BCUT2D eigenvalue weighted by molar-refractivity contribution is -0.0866. The van der Waals surface area contributed by atoms with Crippen molar-refractivity contribution in [3.8, 4) is 0 Å². The molecule has 1 N–H and O–H groups in total. The molecular weight excluding hydrogens is 258 g/mol. The van der Waals surface area contributed by atoms with Gasteiger partial charge < -0.3 is 5.11 Å². The number of pyridine rings is 1. The zero-order valence-corrected chi connectivity index (χ0v) is 13.2. The first-order valence-electron chi connectivity index (χ1n) is 8.08. The van der Waals surface area contributed by atoms with Crippen molar-refractivity contribution in [2.45, 2.75) is 45.6 Å². The molecule has 0 spiro atoms. The number of hydrogen-bond donors (Lipinski definition) is 1. The molecule has 2 nitrogen and oxygen atoms in total. The van der Waals surface area contributed by atoms with Crippen molar-refractivity contribution in [3.63, 3.8) is 0 Å². The normalized spacial score (nSPS) is 30.0. The zero-order chi connectivity index (χ0) is 15.0. The fourth-order valence-electron chi connectivity index (χ4n) is 4.01. The van der Waals surface area contributed by atoms with Gasteiger partial charge in [-0.05, 0) is 42.7 Å². The molecule has 1 aromatic heterocycles. The summed E-state index contributed by atoms with van der Waals surface area (Å²) in [5.41, 5.74) is 1.25. The molecule has 1 aliphatic rings. The van der Waals surface area contributed by atoms with Crippen LogP contribution in [-0.2, 0) is 5.60 Å². The summed E-state index contributed by atoms with van der Waals surface area (Å²) in [4.78, 5) is 4.56. The second-order valence-electron chi connectivity index (χ2n) is 7.08. The van der Waals surface area contributed by atoms with E-state index in [2.05, 4.69) is 37.9 Å². The molecule has 0 radical (unpaired) electrons. The molecule has 3 rings (SSSR count). The van der Waals surface area contributed by atoms with E-state index in [1.165, 1.54) is 6.42 Å². The maximum absolute atomic E-state index is 11.5. The van der Waals surface area contributed by atoms with Gasteiger partial charge in [-0.1, -0.05) is 45.4 Å². The molecule has 0 bridgehead atoms. The highest BCUT2D eigenvalue weighted by molar-refractivity contribution is 5.78. The molecule has 1 saturated carbocycles. The second-order valence-corrected chi connectivity index (χ2v) is 7.08. The Bertz CT molecular complexity index is 636. The summed E-state index contributed by atoms with van der Waals surface area (Å²) >= 11 is 0. The summed E-state index contributed by atoms with van der Waals surface area (Å²) < 4.78 is 0. The Kier molecular flexibility index (Phi) is 3.75. The minimum absolute atomic E-state index is 0.316. The number of rotatable bonds is 2. The molecule has 1 fully saturated rings. The van der Waals surface area contributed by atoms with Crippen molar-refractivity contribution in [1.29, 1.82) is 0 Å². The van der Waals surface area contributed by atoms with Crippen LogP contribution in [0.2, 0.25) is 0 Å². The molecule has 1 aromatic carbocycles. The molecule has 112 valence electrons. The monoisotopic (exact) mass is 283 g/mol. The molecule has 21 heavy (non-hydrogen) atoms. The van der Waals surface area contributed by atoms with Gasteiger partial charge in [0, 0.05) is 17.1 Å². The van der Waals surface area contributed by atoms with E-state index < -0.39 is 5.60 Å². The summed E-state index contributed by atoms with van der Waals surface area (Å²) in [6, 6.07) is 10.3. The van der Waals surface area contributed by atoms with Gasteiger partial charge in [0.05, 0.1) is 11.1 Å². The first-order valence-corrected chi connectivity index (χ1v) is 8.08. The molecule has 1 heterocycles.